The zero-order valence-corrected chi connectivity index (χ0v) is 18.6. The molecule has 1 unspecified atom stereocenters. The molecule has 0 amide bonds. The number of benzene rings is 1. The Labute approximate surface area is 182 Å². The van der Waals surface area contributed by atoms with Gasteiger partial charge < -0.3 is 15.6 Å². The van der Waals surface area contributed by atoms with Crippen molar-refractivity contribution in [2.24, 2.45) is 16.8 Å². The van der Waals surface area contributed by atoms with E-state index in [9.17, 15) is 9.90 Å². The first-order valence-electron chi connectivity index (χ1n) is 10.9. The largest absolute Gasteiger partial charge is 0.481 e. The lowest BCUT2D eigenvalue weighted by atomic mass is 9.74. The van der Waals surface area contributed by atoms with Crippen molar-refractivity contribution >= 4 is 23.2 Å². The van der Waals surface area contributed by atoms with Gasteiger partial charge in [-0.05, 0) is 63.9 Å². The van der Waals surface area contributed by atoms with Crippen molar-refractivity contribution in [1.29, 1.82) is 0 Å². The minimum atomic E-state index is -0.686. The lowest BCUT2D eigenvalue weighted by Gasteiger charge is -2.33. The Bertz CT molecular complexity index is 1020. The number of anilines is 1. The average molecular weight is 423 g/mol. The van der Waals surface area contributed by atoms with Crippen molar-refractivity contribution in [3.05, 3.63) is 41.2 Å². The molecule has 0 spiro atoms. The number of aryl methyl sites for hydroxylation is 1. The van der Waals surface area contributed by atoms with Crippen LogP contribution in [-0.4, -0.2) is 32.4 Å². The molecule has 1 aliphatic heterocycles. The number of hydrogen-bond acceptors (Lipinski definition) is 6. The highest BCUT2D eigenvalue weighted by molar-refractivity contribution is 6.09. The lowest BCUT2D eigenvalue weighted by Crippen LogP contribution is -2.41. The van der Waals surface area contributed by atoms with Crippen molar-refractivity contribution in [3.63, 3.8) is 0 Å². The molecule has 0 bridgehead atoms. The lowest BCUT2D eigenvalue weighted by molar-refractivity contribution is -0.143. The van der Waals surface area contributed by atoms with Gasteiger partial charge in [-0.25, -0.2) is 9.98 Å². The molecule has 1 fully saturated rings. The Morgan fingerprint density at radius 1 is 1.16 bits per heavy atom. The van der Waals surface area contributed by atoms with Crippen molar-refractivity contribution in [1.82, 2.24) is 9.97 Å². The molecule has 164 valence electrons. The molecule has 1 atom stereocenters. The second kappa shape index (κ2) is 7.94. The van der Waals surface area contributed by atoms with Gasteiger partial charge in [0.2, 0.25) is 5.88 Å². The second-order valence-corrected chi connectivity index (χ2v) is 9.24. The van der Waals surface area contributed by atoms with Crippen molar-refractivity contribution in [2.45, 2.75) is 64.9 Å². The number of nitrogen functional groups attached to an aromatic ring is 1. The van der Waals surface area contributed by atoms with Gasteiger partial charge in [0.15, 0.2) is 11.5 Å². The van der Waals surface area contributed by atoms with E-state index in [-0.39, 0.29) is 11.8 Å². The number of aromatic nitrogens is 2. The first kappa shape index (κ1) is 21.3. The van der Waals surface area contributed by atoms with Crippen LogP contribution in [0, 0.1) is 18.8 Å². The molecule has 1 aromatic heterocycles. The maximum Gasteiger partial charge on any atom is 0.306 e. The molecule has 7 heteroatoms. The molecule has 1 aromatic carbocycles. The van der Waals surface area contributed by atoms with E-state index in [1.807, 2.05) is 20.8 Å². The summed E-state index contributed by atoms with van der Waals surface area (Å²) < 4.78 is 6.14. The summed E-state index contributed by atoms with van der Waals surface area (Å²) in [6.45, 7) is 7.55. The molecule has 0 saturated heterocycles. The first-order chi connectivity index (χ1) is 14.7. The minimum absolute atomic E-state index is 0.266. The molecule has 2 heterocycles. The summed E-state index contributed by atoms with van der Waals surface area (Å²) in [6.07, 6.45) is 3.97. The molecule has 4 rings (SSSR count). The van der Waals surface area contributed by atoms with E-state index in [0.29, 0.717) is 29.1 Å². The first-order valence-corrected chi connectivity index (χ1v) is 10.9. The Kier molecular flexibility index (Phi) is 5.45. The number of carboxylic acids is 1. The van der Waals surface area contributed by atoms with Crippen molar-refractivity contribution in [2.75, 3.05) is 5.73 Å². The molecule has 2 aliphatic rings. The third kappa shape index (κ3) is 4.13. The SMILES string of the molecule is Cc1nc(N)c2c(n1)OC(C)(C)C(c1ccc([C@H]3CC[C@H](C(C)C(=O)O)CC3)cc1)=N2. The van der Waals surface area contributed by atoms with E-state index in [0.717, 1.165) is 37.0 Å². The number of hydrogen-bond donors (Lipinski definition) is 2. The monoisotopic (exact) mass is 422 g/mol. The topological polar surface area (TPSA) is 111 Å². The van der Waals surface area contributed by atoms with Gasteiger partial charge in [-0.2, -0.15) is 4.98 Å². The van der Waals surface area contributed by atoms with Crippen LogP contribution in [-0.2, 0) is 4.79 Å². The number of carbonyl (C=O) groups is 1. The molecule has 2 aromatic rings. The van der Waals surface area contributed by atoms with Crippen LogP contribution in [0.4, 0.5) is 11.5 Å². The van der Waals surface area contributed by atoms with Gasteiger partial charge in [-0.3, -0.25) is 4.79 Å². The molecule has 7 nitrogen and oxygen atoms in total. The molecule has 0 radical (unpaired) electrons. The zero-order chi connectivity index (χ0) is 22.3. The fourth-order valence-electron chi connectivity index (χ4n) is 4.75. The zero-order valence-electron chi connectivity index (χ0n) is 18.6. The van der Waals surface area contributed by atoms with Crippen LogP contribution in [0.15, 0.2) is 29.3 Å². The third-order valence-corrected chi connectivity index (χ3v) is 6.66. The van der Waals surface area contributed by atoms with E-state index in [1.165, 1.54) is 5.56 Å². The summed E-state index contributed by atoms with van der Waals surface area (Å²) in [7, 11) is 0. The Morgan fingerprint density at radius 3 is 2.42 bits per heavy atom. The highest BCUT2D eigenvalue weighted by Crippen LogP contribution is 2.41. The highest BCUT2D eigenvalue weighted by atomic mass is 16.5. The number of aliphatic carboxylic acids is 1. The fraction of sp³-hybridized carbons (Fsp3) is 0.500. The van der Waals surface area contributed by atoms with Crippen molar-refractivity contribution < 1.29 is 14.6 Å². The van der Waals surface area contributed by atoms with E-state index < -0.39 is 11.6 Å². The van der Waals surface area contributed by atoms with Gasteiger partial charge >= 0.3 is 5.97 Å². The number of aliphatic imine (C=N–C) groups is 1. The number of ether oxygens (including phenoxy) is 1. The number of nitrogens with zero attached hydrogens (tertiary/aromatic N) is 3. The van der Waals surface area contributed by atoms with Crippen LogP contribution in [0.25, 0.3) is 0 Å². The summed E-state index contributed by atoms with van der Waals surface area (Å²) in [5.74, 6) is 1.09. The maximum absolute atomic E-state index is 11.3. The van der Waals surface area contributed by atoms with Gasteiger partial charge in [0, 0.05) is 5.56 Å². The van der Waals surface area contributed by atoms with Crippen LogP contribution < -0.4 is 10.5 Å². The molecular formula is C24H30N4O3. The van der Waals surface area contributed by atoms with E-state index in [4.69, 9.17) is 15.5 Å². The smallest absolute Gasteiger partial charge is 0.306 e. The predicted octanol–water partition coefficient (Wildman–Crippen LogP) is 4.65. The summed E-state index contributed by atoms with van der Waals surface area (Å²) in [5.41, 5.74) is 8.97. The number of fused-ring (bicyclic) bond motifs is 1. The summed E-state index contributed by atoms with van der Waals surface area (Å²) in [5, 5.41) is 9.27. The molecule has 3 N–H and O–H groups in total. The Morgan fingerprint density at radius 2 is 1.81 bits per heavy atom. The molecule has 1 saturated carbocycles. The maximum atomic E-state index is 11.3. The predicted molar refractivity (Wildman–Crippen MR) is 120 cm³/mol. The van der Waals surface area contributed by atoms with E-state index >= 15 is 0 Å². The molecule has 1 aliphatic carbocycles. The Hall–Kier alpha value is -2.96. The minimum Gasteiger partial charge on any atom is -0.481 e. The Balaban J connectivity index is 1.54. The van der Waals surface area contributed by atoms with E-state index in [2.05, 4.69) is 34.2 Å². The average Bonchev–Trinajstić information content (AvgIpc) is 2.72. The summed E-state index contributed by atoms with van der Waals surface area (Å²) in [6, 6.07) is 8.48. The fourth-order valence-corrected chi connectivity index (χ4v) is 4.75. The van der Waals surface area contributed by atoms with Crippen LogP contribution in [0.3, 0.4) is 0 Å². The van der Waals surface area contributed by atoms with Crippen LogP contribution in [0.5, 0.6) is 5.88 Å². The number of rotatable bonds is 4. The van der Waals surface area contributed by atoms with Gasteiger partial charge in [0.25, 0.3) is 0 Å². The molecular weight excluding hydrogens is 392 g/mol. The van der Waals surface area contributed by atoms with Crippen molar-refractivity contribution in [3.8, 4) is 5.88 Å². The van der Waals surface area contributed by atoms with Gasteiger partial charge in [-0.1, -0.05) is 31.2 Å². The highest BCUT2D eigenvalue weighted by Gasteiger charge is 2.35. The van der Waals surface area contributed by atoms with Crippen LogP contribution >= 0.6 is 0 Å². The van der Waals surface area contributed by atoms with Gasteiger partial charge in [-0.15, -0.1) is 0 Å². The van der Waals surface area contributed by atoms with Gasteiger partial charge in [0.1, 0.15) is 11.4 Å². The van der Waals surface area contributed by atoms with Crippen LogP contribution in [0.1, 0.15) is 69.3 Å². The number of carboxylic acid groups (broad SMARTS) is 1. The van der Waals surface area contributed by atoms with Gasteiger partial charge in [0.05, 0.1) is 11.6 Å². The molecule has 31 heavy (non-hydrogen) atoms. The second-order valence-electron chi connectivity index (χ2n) is 9.24. The number of nitrogens with two attached hydrogens (primary N) is 1. The third-order valence-electron chi connectivity index (χ3n) is 6.66. The van der Waals surface area contributed by atoms with Crippen LogP contribution in [0.2, 0.25) is 0 Å². The summed E-state index contributed by atoms with van der Waals surface area (Å²) >= 11 is 0. The normalized spacial score (nSPS) is 23.3. The van der Waals surface area contributed by atoms with E-state index in [1.54, 1.807) is 6.92 Å². The summed E-state index contributed by atoms with van der Waals surface area (Å²) in [4.78, 5) is 24.6. The standard InChI is InChI=1S/C24H30N4O3/c1-13(23(29)30)15-5-7-16(8-6-15)17-9-11-18(12-10-17)20-24(3,4)31-22-19(28-20)21(25)26-14(2)27-22/h9-13,15-16H,5-8H2,1-4H3,(H,29,30)(H2,25,26,27)/t13?,15-,16-. The quantitative estimate of drug-likeness (QED) is 0.742.